The van der Waals surface area contributed by atoms with Crippen molar-refractivity contribution in [3.8, 4) is 5.75 Å². The Morgan fingerprint density at radius 3 is 1.28 bits per heavy atom. The van der Waals surface area contributed by atoms with Gasteiger partial charge in [0.1, 0.15) is 18.3 Å². The van der Waals surface area contributed by atoms with Crippen molar-refractivity contribution in [1.29, 1.82) is 0 Å². The number of aliphatic hydroxyl groups is 4. The van der Waals surface area contributed by atoms with Gasteiger partial charge in [-0.05, 0) is 76.1 Å². The molecule has 0 spiro atoms. The fraction of sp³-hybridized carbons (Fsp3) is 0.769. The molecule has 0 aromatic heterocycles. The number of para-hydroxylation sites is 1. The van der Waals surface area contributed by atoms with Crippen LogP contribution < -0.4 is 9.83 Å². The Morgan fingerprint density at radius 1 is 0.472 bits per heavy atom. The van der Waals surface area contributed by atoms with Gasteiger partial charge in [-0.15, -0.1) is 0 Å². The lowest BCUT2D eigenvalue weighted by Crippen LogP contribution is -2.33. The van der Waals surface area contributed by atoms with Gasteiger partial charge in [0.2, 0.25) is 0 Å². The van der Waals surface area contributed by atoms with Gasteiger partial charge in [0.15, 0.2) is 0 Å². The van der Waals surface area contributed by atoms with E-state index in [1.165, 1.54) is 0 Å². The van der Waals surface area contributed by atoms with Gasteiger partial charge < -0.3 is 52.5 Å². The van der Waals surface area contributed by atoms with E-state index in [1.54, 1.807) is 34.1 Å². The van der Waals surface area contributed by atoms with Gasteiger partial charge in [-0.25, -0.2) is 0 Å². The van der Waals surface area contributed by atoms with Crippen molar-refractivity contribution in [2.45, 2.75) is 113 Å². The smallest absolute Gasteiger partial charge is 0.344 e. The minimum Gasteiger partial charge on any atom is -0.439 e. The molecule has 4 unspecified atom stereocenters. The van der Waals surface area contributed by atoms with Gasteiger partial charge in [0, 0.05) is 57.8 Å². The molecule has 0 bridgehead atoms. The summed E-state index contributed by atoms with van der Waals surface area (Å²) in [5, 5.41) is 37.5. The third-order valence-corrected chi connectivity index (χ3v) is 17.5. The minimum absolute atomic E-state index is 0.0534. The Balaban J connectivity index is 0.00000106. The predicted octanol–water partition coefficient (Wildman–Crippen LogP) is 9.78. The maximum Gasteiger partial charge on any atom is 0.344 e. The molecule has 0 amide bonds. The molecule has 4 atom stereocenters. The number of ether oxygens (including phenoxy) is 2. The first-order valence-electron chi connectivity index (χ1n) is 26.7. The molecule has 0 heterocycles. The molecule has 20 heteroatoms. The molecule has 72 heavy (non-hydrogen) atoms. The number of hydrogen-bond donors (Lipinski definition) is 4. The molecule has 0 aliphatic heterocycles. The van der Waals surface area contributed by atoms with Crippen molar-refractivity contribution in [3.05, 3.63) is 60.7 Å². The molecule has 0 saturated heterocycles. The number of hydrogen-bond acceptors (Lipinski definition) is 17. The van der Waals surface area contributed by atoms with Gasteiger partial charge in [-0.1, -0.05) is 110 Å². The van der Waals surface area contributed by atoms with E-state index in [9.17, 15) is 23.9 Å². The number of aliphatic hydroxyl groups excluding tert-OH is 4. The van der Waals surface area contributed by atoms with Crippen molar-refractivity contribution in [2.24, 2.45) is 11.8 Å². The fourth-order valence-electron chi connectivity index (χ4n) is 7.12. The quantitative estimate of drug-likeness (QED) is 0.0360. The van der Waals surface area contributed by atoms with Crippen LogP contribution in [0.15, 0.2) is 60.7 Å². The van der Waals surface area contributed by atoms with Crippen molar-refractivity contribution >= 4 is 27.9 Å². The van der Waals surface area contributed by atoms with E-state index in [2.05, 4.69) is 27.7 Å². The van der Waals surface area contributed by atoms with Gasteiger partial charge >= 0.3 is 15.2 Å². The van der Waals surface area contributed by atoms with Crippen molar-refractivity contribution in [3.63, 3.8) is 0 Å². The molecule has 0 radical (unpaired) electrons. The van der Waals surface area contributed by atoms with Crippen LogP contribution in [0.5, 0.6) is 5.75 Å². The number of unbranched alkanes of at least 4 members (excludes halogenated alkanes) is 2. The summed E-state index contributed by atoms with van der Waals surface area (Å²) in [5.41, 5.74) is 0. The highest BCUT2D eigenvalue weighted by molar-refractivity contribution is 7.67. The summed E-state index contributed by atoms with van der Waals surface area (Å²) < 4.78 is 79.0. The molecule has 2 aromatic rings. The van der Waals surface area contributed by atoms with E-state index in [-0.39, 0.29) is 45.3 Å². The largest absolute Gasteiger partial charge is 0.439 e. The maximum atomic E-state index is 13.5. The lowest BCUT2D eigenvalue weighted by molar-refractivity contribution is 0.0851. The maximum absolute atomic E-state index is 13.5. The summed E-state index contributed by atoms with van der Waals surface area (Å²) in [5.74, 6) is 1.29. The van der Waals surface area contributed by atoms with Crippen LogP contribution in [0.1, 0.15) is 113 Å². The molecule has 17 nitrogen and oxygen atoms in total. The number of benzene rings is 2. The molecule has 0 saturated carbocycles. The molecule has 2 rings (SSSR count). The lowest BCUT2D eigenvalue weighted by atomic mass is 10.0. The first-order chi connectivity index (χ1) is 34.8. The van der Waals surface area contributed by atoms with Crippen LogP contribution in [0.2, 0.25) is 0 Å². The number of rotatable bonds is 44. The summed E-state index contributed by atoms with van der Waals surface area (Å²) in [4.78, 5) is 5.54. The molecule has 0 aliphatic rings. The Hall–Kier alpha value is -1.59. The van der Waals surface area contributed by atoms with Crippen LogP contribution in [0.25, 0.3) is 0 Å². The zero-order chi connectivity index (χ0) is 53.8. The van der Waals surface area contributed by atoms with Crippen molar-refractivity contribution in [1.82, 2.24) is 14.7 Å². The van der Waals surface area contributed by atoms with E-state index >= 15 is 0 Å². The molecule has 0 fully saturated rings. The first-order valence-corrected chi connectivity index (χ1v) is 32.0. The van der Waals surface area contributed by atoms with E-state index in [0.717, 1.165) is 57.8 Å². The molecule has 0 aliphatic carbocycles. The fourth-order valence-corrected chi connectivity index (χ4v) is 13.1. The van der Waals surface area contributed by atoms with Crippen LogP contribution in [-0.2, 0) is 41.3 Å². The average Bonchev–Trinajstić information content (AvgIpc) is 3.37. The second-order valence-electron chi connectivity index (χ2n) is 17.4. The molecule has 2 aromatic carbocycles. The van der Waals surface area contributed by atoms with Crippen LogP contribution in [-0.4, -0.2) is 173 Å². The third kappa shape index (κ3) is 34.1. The summed E-state index contributed by atoms with van der Waals surface area (Å²) >= 11 is 0. The minimum atomic E-state index is -3.33. The van der Waals surface area contributed by atoms with Crippen molar-refractivity contribution in [2.75, 3.05) is 137 Å². The predicted molar refractivity (Wildman–Crippen MR) is 293 cm³/mol. The second kappa shape index (κ2) is 45.6. The van der Waals surface area contributed by atoms with Crippen LogP contribution in [0.4, 0.5) is 0 Å². The monoisotopic (exact) mass is 1080 g/mol. The van der Waals surface area contributed by atoms with Crippen LogP contribution in [0, 0.1) is 11.8 Å². The summed E-state index contributed by atoms with van der Waals surface area (Å²) in [6, 6.07) is 18.1. The summed E-state index contributed by atoms with van der Waals surface area (Å²) in [6.45, 7) is 23.1. The molecule has 422 valence electrons. The third-order valence-electron chi connectivity index (χ3n) is 11.4. The standard InChI is InChI=1S/C21H46NO5P.C17H22NO4P.C14H32NO5P/c1-5-9-11-20(7-3)17-26-28(25,19-22(13-15-23)14-16-24)27-18-21(8-4)12-10-6-2;19-13-11-18(12-14-20)15-23(21,17-9-5-2-6-10-17)22-16-7-3-1-4-8-16;1-5-11-20-21(16,19-8-4)14-15(9-12-17-6-2)10-13-18-7-3/h20-21,23-24H,5-19H2,1-4H3;1-10,19-20H,11-15H2;5-14H2,1-4H3. The van der Waals surface area contributed by atoms with Crippen molar-refractivity contribution < 1.29 is 66.2 Å². The SMILES string of the molecule is CCCCC(CC)COP(=O)(CN(CCO)CCO)OCC(CC)CCCC.CCCOP(=O)(CN(CCOCC)CCOCC)OCC.O=P(CN(CCO)CCO)(Oc1ccccc1)c1ccccc1. The van der Waals surface area contributed by atoms with Gasteiger partial charge in [0.25, 0.3) is 7.37 Å². The first kappa shape index (κ1) is 70.4. The second-order valence-corrected chi connectivity index (χ2v) is 23.7. The van der Waals surface area contributed by atoms with E-state index in [1.807, 2.05) is 69.0 Å². The zero-order valence-corrected chi connectivity index (χ0v) is 48.4. The zero-order valence-electron chi connectivity index (χ0n) is 45.7. The van der Waals surface area contributed by atoms with Crippen LogP contribution >= 0.6 is 22.6 Å². The highest BCUT2D eigenvalue weighted by Gasteiger charge is 2.32. The highest BCUT2D eigenvalue weighted by Crippen LogP contribution is 2.51. The van der Waals surface area contributed by atoms with E-state index < -0.39 is 22.6 Å². The Morgan fingerprint density at radius 2 is 0.889 bits per heavy atom. The molecular formula is C52H100N3O14P3. The number of nitrogens with zero attached hydrogens (tertiary/aromatic N) is 3. The Bertz CT molecular complexity index is 1610. The van der Waals surface area contributed by atoms with Crippen LogP contribution in [0.3, 0.4) is 0 Å². The molecular weight excluding hydrogens is 984 g/mol. The summed E-state index contributed by atoms with van der Waals surface area (Å²) in [7, 11) is -9.61. The molecule has 4 N–H and O–H groups in total. The Labute approximate surface area is 436 Å². The van der Waals surface area contributed by atoms with Gasteiger partial charge in [-0.3, -0.25) is 28.4 Å². The van der Waals surface area contributed by atoms with E-state index in [0.29, 0.717) is 115 Å². The van der Waals surface area contributed by atoms with Gasteiger partial charge in [0.05, 0.1) is 72.4 Å². The Kier molecular flexibility index (Phi) is 44.6. The van der Waals surface area contributed by atoms with Gasteiger partial charge in [-0.2, -0.15) is 0 Å². The highest BCUT2D eigenvalue weighted by atomic mass is 31.2. The normalized spacial score (nSPS) is 14.9. The van der Waals surface area contributed by atoms with E-state index in [4.69, 9.17) is 42.3 Å². The average molecular weight is 1080 g/mol. The lowest BCUT2D eigenvalue weighted by Gasteiger charge is -2.28. The summed E-state index contributed by atoms with van der Waals surface area (Å²) in [6.07, 6.45) is 10.0. The topological polar surface area (TPSA) is 206 Å².